The maximum atomic E-state index is 15.2. The number of carbonyl (C=O) groups is 4. The first-order valence-electron chi connectivity index (χ1n) is 31.2. The molecule has 518 valence electrons. The molecule has 5 aromatic heterocycles. The van der Waals surface area contributed by atoms with Crippen molar-refractivity contribution in [3.05, 3.63) is 300 Å². The minimum Gasteiger partial charge on any atom is -0.465 e. The molecule has 0 saturated carbocycles. The number of nitrogens with one attached hydrogen (secondary N) is 6. The second-order valence-electron chi connectivity index (χ2n) is 23.5. The average Bonchev–Trinajstić information content (AvgIpc) is 1.56. The molecule has 9 aromatic carbocycles. The number of anilines is 8. The number of hydrogen-bond acceptors (Lipinski definition) is 15. The monoisotopic (exact) mass is 1470 g/mol. The lowest BCUT2D eigenvalue weighted by Gasteiger charge is -2.35. The lowest BCUT2D eigenvalue weighted by Crippen LogP contribution is -2.45. The van der Waals surface area contributed by atoms with Gasteiger partial charge in [0.15, 0.2) is 34.1 Å². The first kappa shape index (κ1) is 67.6. The predicted molar refractivity (Wildman–Crippen MR) is 380 cm³/mol. The molecule has 3 aliphatic rings. The SMILES string of the molecule is C#Cc1cccc(N2C(=O)c3ccccc3C2c2ccc3nc(NC(=O)O)[nH]c3c2)c1F.O=C1c2c(F)ccc(F)c2C(O)(c2ccc3nc(Nc4ncccn4)[nH]c3c2)N1c1cccc(Cl)c1F.O=C1c2ccccc2C(O)(c2ccc3nc(Nc4ccc(Cl)nn4)[nH]c3c2)N1c1cccc(Cl)c1F. The Bertz CT molecular complexity index is 5970. The van der Waals surface area contributed by atoms with Gasteiger partial charge < -0.3 is 35.6 Å². The van der Waals surface area contributed by atoms with Gasteiger partial charge in [0.2, 0.25) is 29.5 Å². The van der Waals surface area contributed by atoms with E-state index in [1.54, 1.807) is 97.1 Å². The van der Waals surface area contributed by atoms with Crippen LogP contribution in [0.3, 0.4) is 0 Å². The number of halogens is 8. The largest absolute Gasteiger partial charge is 0.465 e. The van der Waals surface area contributed by atoms with Gasteiger partial charge in [0, 0.05) is 40.2 Å². The highest BCUT2D eigenvalue weighted by atomic mass is 35.5. The third kappa shape index (κ3) is 11.8. The molecule has 31 heteroatoms. The van der Waals surface area contributed by atoms with E-state index in [9.17, 15) is 33.8 Å². The molecule has 8 heterocycles. The van der Waals surface area contributed by atoms with E-state index in [1.807, 2.05) is 12.1 Å². The van der Waals surface area contributed by atoms with Gasteiger partial charge in [-0.1, -0.05) is 114 Å². The molecule has 0 bridgehead atoms. The van der Waals surface area contributed by atoms with E-state index in [2.05, 4.69) is 71.9 Å². The summed E-state index contributed by atoms with van der Waals surface area (Å²) in [6, 6.07) is 46.8. The summed E-state index contributed by atoms with van der Waals surface area (Å²) < 4.78 is 75.4. The Hall–Kier alpha value is -13.2. The third-order valence-corrected chi connectivity index (χ3v) is 18.2. The molecule has 0 aliphatic carbocycles. The van der Waals surface area contributed by atoms with Crippen LogP contribution in [0.15, 0.2) is 200 Å². The van der Waals surface area contributed by atoms with E-state index in [-0.39, 0.29) is 67.0 Å². The van der Waals surface area contributed by atoms with E-state index >= 15 is 17.6 Å². The normalized spacial score (nSPS) is 16.3. The average molecular weight is 1470 g/mol. The molecule has 23 nitrogen and oxygen atoms in total. The highest BCUT2D eigenvalue weighted by Gasteiger charge is 2.56. The van der Waals surface area contributed by atoms with Crippen LogP contribution in [0.25, 0.3) is 33.1 Å². The highest BCUT2D eigenvalue weighted by molar-refractivity contribution is 6.32. The Morgan fingerprint density at radius 2 is 1.10 bits per heavy atom. The maximum absolute atomic E-state index is 15.2. The summed E-state index contributed by atoms with van der Waals surface area (Å²) in [6.45, 7) is 0. The number of amides is 4. The number of aliphatic hydroxyl groups is 2. The topological polar surface area (TPSA) is 312 Å². The third-order valence-electron chi connectivity index (χ3n) is 17.4. The zero-order valence-corrected chi connectivity index (χ0v) is 55.4. The number of nitrogens with zero attached hydrogens (tertiary/aromatic N) is 10. The molecule has 0 spiro atoms. The lowest BCUT2D eigenvalue weighted by atomic mass is 9.92. The molecular weight excluding hydrogens is 1430 g/mol. The summed E-state index contributed by atoms with van der Waals surface area (Å²) in [7, 11) is 0. The number of aromatic amines is 3. The van der Waals surface area contributed by atoms with Gasteiger partial charge in [0.05, 0.1) is 82.9 Å². The second kappa shape index (κ2) is 26.7. The van der Waals surface area contributed by atoms with E-state index in [1.165, 1.54) is 84.0 Å². The smallest absolute Gasteiger partial charge is 0.411 e. The summed E-state index contributed by atoms with van der Waals surface area (Å²) in [5, 5.41) is 48.7. The molecule has 14 aromatic rings. The number of terminal acetylenes is 1. The van der Waals surface area contributed by atoms with Crippen LogP contribution in [0.4, 0.5) is 73.4 Å². The van der Waals surface area contributed by atoms with Crippen LogP contribution in [0.1, 0.15) is 76.1 Å². The molecule has 17 rings (SSSR count). The van der Waals surface area contributed by atoms with Crippen LogP contribution in [0, 0.1) is 41.4 Å². The van der Waals surface area contributed by atoms with E-state index < -0.39 is 81.3 Å². The fourth-order valence-corrected chi connectivity index (χ4v) is 13.3. The Morgan fingerprint density at radius 1 is 0.543 bits per heavy atom. The molecule has 0 radical (unpaired) electrons. The van der Waals surface area contributed by atoms with Gasteiger partial charge in [-0.25, -0.2) is 51.7 Å². The first-order valence-corrected chi connectivity index (χ1v) is 32.3. The Kier molecular flexibility index (Phi) is 17.2. The van der Waals surface area contributed by atoms with Gasteiger partial charge in [-0.3, -0.25) is 39.7 Å². The van der Waals surface area contributed by atoms with Crippen molar-refractivity contribution >= 4 is 138 Å². The molecule has 3 atom stereocenters. The van der Waals surface area contributed by atoms with Gasteiger partial charge in [-0.15, -0.1) is 16.6 Å². The van der Waals surface area contributed by atoms with Gasteiger partial charge >= 0.3 is 6.09 Å². The number of carbonyl (C=O) groups excluding carboxylic acids is 3. The van der Waals surface area contributed by atoms with E-state index in [4.69, 9.17) is 46.3 Å². The molecular formula is C74H44Cl3F5N16O7. The number of hydrogen-bond donors (Lipinski definition) is 9. The fourth-order valence-electron chi connectivity index (χ4n) is 12.9. The van der Waals surface area contributed by atoms with Crippen molar-refractivity contribution in [1.82, 2.24) is 50.1 Å². The number of imidazole rings is 3. The zero-order valence-electron chi connectivity index (χ0n) is 53.2. The van der Waals surface area contributed by atoms with Crippen molar-refractivity contribution < 1.29 is 56.4 Å². The van der Waals surface area contributed by atoms with Gasteiger partial charge in [0.25, 0.3) is 17.7 Å². The minimum absolute atomic E-state index is 0.0536. The summed E-state index contributed by atoms with van der Waals surface area (Å²) in [6.07, 6.45) is 7.27. The summed E-state index contributed by atoms with van der Waals surface area (Å²) >= 11 is 17.7. The standard InChI is InChI=1S/C25H15Cl2FN6O2.C25H14ClF3N6O2.C24H15FN4O3/c26-16-6-3-7-19(22(16)28)34-23(35)14-4-1-2-5-15(14)25(34,36)13-8-9-17-18(12-13)30-24(29-17)31-21-11-10-20(27)32-33-21;26-13-3-1-4-18(21(13)29)35-22(36)19-14(27)6-7-15(28)20(19)25(35,37)12-5-8-16-17(11-12)33-24(32-16)34-23-30-9-2-10-31-23;1-2-13-6-5-9-19(20(13)25)29-21(15-7-3-4-8-16(15)22(29)30)14-10-11-17-18(12-14)27-23(26-17)28-24(31)32/h1-12,36H,(H2,29,30,31,33);1-11,37H,(H2,30,31,32,33,34);1,3-12,21H,(H,31,32)(H2,26,27,28). The first-order chi connectivity index (χ1) is 50.6. The summed E-state index contributed by atoms with van der Waals surface area (Å²) in [5.74, 6) is -2.89. The quantitative estimate of drug-likeness (QED) is 0.0429. The molecule has 0 saturated heterocycles. The van der Waals surface area contributed by atoms with Crippen molar-refractivity contribution in [3.8, 4) is 12.3 Å². The van der Waals surface area contributed by atoms with Crippen LogP contribution in [-0.4, -0.2) is 89.2 Å². The van der Waals surface area contributed by atoms with Crippen LogP contribution < -0.4 is 30.7 Å². The number of H-pyrrole nitrogens is 3. The summed E-state index contributed by atoms with van der Waals surface area (Å²) in [5.41, 5.74) is -0.600. The van der Waals surface area contributed by atoms with E-state index in [0.29, 0.717) is 72.0 Å². The number of carboxylic acid groups (broad SMARTS) is 1. The molecule has 0 fully saturated rings. The molecule has 4 amide bonds. The van der Waals surface area contributed by atoms with Crippen LogP contribution in [0.2, 0.25) is 15.2 Å². The van der Waals surface area contributed by atoms with Gasteiger partial charge in [-0.05, 0) is 126 Å². The van der Waals surface area contributed by atoms with Crippen molar-refractivity contribution in [2.24, 2.45) is 0 Å². The van der Waals surface area contributed by atoms with Crippen molar-refractivity contribution in [2.75, 3.05) is 30.7 Å². The lowest BCUT2D eigenvalue weighted by molar-refractivity contribution is 0.0677. The predicted octanol–water partition coefficient (Wildman–Crippen LogP) is 14.9. The van der Waals surface area contributed by atoms with Gasteiger partial charge in [0.1, 0.15) is 11.6 Å². The molecule has 9 N–H and O–H groups in total. The molecule has 3 aliphatic heterocycles. The Balaban J connectivity index is 0.000000127. The molecule has 3 unspecified atom stereocenters. The van der Waals surface area contributed by atoms with Crippen LogP contribution >= 0.6 is 34.8 Å². The summed E-state index contributed by atoms with van der Waals surface area (Å²) in [4.78, 5) is 84.3. The Morgan fingerprint density at radius 3 is 1.75 bits per heavy atom. The highest BCUT2D eigenvalue weighted by Crippen LogP contribution is 2.51. The number of rotatable bonds is 11. The fraction of sp³-hybridized carbons (Fsp3) is 0.0405. The Labute approximate surface area is 602 Å². The number of benzene rings is 9. The van der Waals surface area contributed by atoms with Crippen LogP contribution in [0.5, 0.6) is 0 Å². The van der Waals surface area contributed by atoms with Gasteiger partial charge in [-0.2, -0.15) is 0 Å². The van der Waals surface area contributed by atoms with Crippen molar-refractivity contribution in [3.63, 3.8) is 0 Å². The number of aromatic nitrogens is 10. The second-order valence-corrected chi connectivity index (χ2v) is 24.7. The van der Waals surface area contributed by atoms with Crippen molar-refractivity contribution in [2.45, 2.75) is 17.5 Å². The van der Waals surface area contributed by atoms with Crippen LogP contribution in [-0.2, 0) is 11.4 Å². The minimum atomic E-state index is -2.63. The number of fused-ring (bicyclic) bond motifs is 6. The molecule has 105 heavy (non-hydrogen) atoms. The maximum Gasteiger partial charge on any atom is 0.411 e. The van der Waals surface area contributed by atoms with E-state index in [0.717, 1.165) is 22.6 Å². The van der Waals surface area contributed by atoms with Crippen molar-refractivity contribution in [1.29, 1.82) is 0 Å². The zero-order chi connectivity index (χ0) is 73.3.